The van der Waals surface area contributed by atoms with Crippen LogP contribution in [0.15, 0.2) is 36.7 Å². The number of nitrogens with zero attached hydrogens (tertiary/aromatic N) is 2. The highest BCUT2D eigenvalue weighted by Gasteiger charge is 2.10. The highest BCUT2D eigenvalue weighted by Crippen LogP contribution is 2.27. The average molecular weight is 283 g/mol. The molecule has 2 rings (SSSR count). The largest absolute Gasteiger partial charge is 0.343 e. The minimum atomic E-state index is 0.876. The van der Waals surface area contributed by atoms with Crippen molar-refractivity contribution < 1.29 is 0 Å². The second-order valence-corrected chi connectivity index (χ2v) is 5.59. The molecule has 0 aliphatic rings. The van der Waals surface area contributed by atoms with Crippen LogP contribution in [0.2, 0.25) is 0 Å². The molecule has 0 saturated heterocycles. The summed E-state index contributed by atoms with van der Waals surface area (Å²) in [6, 6.07) is 8.72. The first-order valence-corrected chi connectivity index (χ1v) is 7.57. The second-order valence-electron chi connectivity index (χ2n) is 5.59. The Morgan fingerprint density at radius 2 is 1.86 bits per heavy atom. The van der Waals surface area contributed by atoms with E-state index in [0.717, 1.165) is 25.2 Å². The van der Waals surface area contributed by atoms with Gasteiger partial charge in [-0.25, -0.2) is 0 Å². The molecule has 0 aliphatic carbocycles. The number of rotatable bonds is 6. The molecule has 0 atom stereocenters. The zero-order valence-corrected chi connectivity index (χ0v) is 13.5. The molecule has 0 radical (unpaired) electrons. The lowest BCUT2D eigenvalue weighted by Gasteiger charge is -2.23. The maximum absolute atomic E-state index is 4.30. The highest BCUT2D eigenvalue weighted by molar-refractivity contribution is 5.66. The lowest BCUT2D eigenvalue weighted by molar-refractivity contribution is 0.675. The maximum atomic E-state index is 4.30. The molecule has 21 heavy (non-hydrogen) atoms. The van der Waals surface area contributed by atoms with Crippen LogP contribution in [0.1, 0.15) is 30.0 Å². The van der Waals surface area contributed by atoms with E-state index < -0.39 is 0 Å². The molecule has 0 unspecified atom stereocenters. The summed E-state index contributed by atoms with van der Waals surface area (Å²) in [5.74, 6) is 0. The molecular formula is C18H25N3. The third-order valence-electron chi connectivity index (χ3n) is 3.58. The standard InChI is InChI=1S/C18H25N3/c1-5-7-19-12-16-6-8-20-13-18(16)21(4)17-10-14(2)9-15(3)11-17/h6,8-11,13,19H,5,7,12H2,1-4H3. The fourth-order valence-corrected chi connectivity index (χ4v) is 2.55. The van der Waals surface area contributed by atoms with Gasteiger partial charge in [-0.15, -0.1) is 0 Å². The van der Waals surface area contributed by atoms with Crippen LogP contribution in [-0.4, -0.2) is 18.6 Å². The van der Waals surface area contributed by atoms with E-state index in [1.807, 2.05) is 12.4 Å². The van der Waals surface area contributed by atoms with Crippen molar-refractivity contribution in [2.75, 3.05) is 18.5 Å². The van der Waals surface area contributed by atoms with Gasteiger partial charge in [0.25, 0.3) is 0 Å². The van der Waals surface area contributed by atoms with Crippen LogP contribution in [0, 0.1) is 13.8 Å². The third kappa shape index (κ3) is 4.05. The van der Waals surface area contributed by atoms with E-state index in [-0.39, 0.29) is 0 Å². The lowest BCUT2D eigenvalue weighted by atomic mass is 10.1. The summed E-state index contributed by atoms with van der Waals surface area (Å²) in [7, 11) is 2.11. The van der Waals surface area contributed by atoms with Crippen LogP contribution in [-0.2, 0) is 6.54 Å². The summed E-state index contributed by atoms with van der Waals surface area (Å²) in [4.78, 5) is 6.51. The normalized spacial score (nSPS) is 10.7. The van der Waals surface area contributed by atoms with Gasteiger partial charge < -0.3 is 10.2 Å². The monoisotopic (exact) mass is 283 g/mol. The molecule has 0 saturated carbocycles. The van der Waals surface area contributed by atoms with Crippen molar-refractivity contribution in [3.05, 3.63) is 53.3 Å². The summed E-state index contributed by atoms with van der Waals surface area (Å²) in [5, 5.41) is 3.47. The number of pyridine rings is 1. The fraction of sp³-hybridized carbons (Fsp3) is 0.389. The van der Waals surface area contributed by atoms with E-state index in [2.05, 4.69) is 67.3 Å². The first-order valence-electron chi connectivity index (χ1n) is 7.57. The quantitative estimate of drug-likeness (QED) is 0.813. The van der Waals surface area contributed by atoms with Gasteiger partial charge in [0.2, 0.25) is 0 Å². The second kappa shape index (κ2) is 7.23. The molecule has 1 heterocycles. The van der Waals surface area contributed by atoms with Crippen molar-refractivity contribution in [2.45, 2.75) is 33.7 Å². The minimum absolute atomic E-state index is 0.876. The summed E-state index contributed by atoms with van der Waals surface area (Å²) in [6.45, 7) is 8.37. The molecule has 3 nitrogen and oxygen atoms in total. The Labute approximate surface area is 128 Å². The SMILES string of the molecule is CCCNCc1ccncc1N(C)c1cc(C)cc(C)c1. The van der Waals surface area contributed by atoms with Gasteiger partial charge in [-0.05, 0) is 61.7 Å². The molecule has 3 heteroatoms. The number of anilines is 2. The molecule has 1 aromatic carbocycles. The van der Waals surface area contributed by atoms with Crippen LogP contribution in [0.25, 0.3) is 0 Å². The molecule has 0 amide bonds. The Balaban J connectivity index is 2.27. The molecule has 1 aromatic heterocycles. The Hall–Kier alpha value is -1.87. The first kappa shape index (κ1) is 15.5. The van der Waals surface area contributed by atoms with Gasteiger partial charge in [0.05, 0.1) is 11.9 Å². The van der Waals surface area contributed by atoms with Gasteiger partial charge in [0, 0.05) is 25.5 Å². The minimum Gasteiger partial charge on any atom is -0.343 e. The van der Waals surface area contributed by atoms with Gasteiger partial charge in [0.15, 0.2) is 0 Å². The summed E-state index contributed by atoms with van der Waals surface area (Å²) in [6.07, 6.45) is 4.95. The van der Waals surface area contributed by atoms with E-state index in [0.29, 0.717) is 0 Å². The number of hydrogen-bond donors (Lipinski definition) is 1. The summed E-state index contributed by atoms with van der Waals surface area (Å²) >= 11 is 0. The van der Waals surface area contributed by atoms with Crippen LogP contribution < -0.4 is 10.2 Å². The molecule has 112 valence electrons. The van der Waals surface area contributed by atoms with Crippen LogP contribution >= 0.6 is 0 Å². The number of aryl methyl sites for hydroxylation is 2. The number of aromatic nitrogens is 1. The van der Waals surface area contributed by atoms with Crippen molar-refractivity contribution in [3.63, 3.8) is 0 Å². The van der Waals surface area contributed by atoms with Crippen molar-refractivity contribution in [2.24, 2.45) is 0 Å². The molecular weight excluding hydrogens is 258 g/mol. The van der Waals surface area contributed by atoms with Crippen molar-refractivity contribution in [1.29, 1.82) is 0 Å². The highest BCUT2D eigenvalue weighted by atomic mass is 15.1. The smallest absolute Gasteiger partial charge is 0.0640 e. The third-order valence-corrected chi connectivity index (χ3v) is 3.58. The van der Waals surface area contributed by atoms with Crippen LogP contribution in [0.5, 0.6) is 0 Å². The molecule has 0 spiro atoms. The van der Waals surface area contributed by atoms with Gasteiger partial charge in [-0.1, -0.05) is 13.0 Å². The number of benzene rings is 1. The van der Waals surface area contributed by atoms with Gasteiger partial charge in [-0.3, -0.25) is 4.98 Å². The van der Waals surface area contributed by atoms with E-state index in [4.69, 9.17) is 0 Å². The molecule has 1 N–H and O–H groups in total. The average Bonchev–Trinajstić information content (AvgIpc) is 2.46. The number of hydrogen-bond acceptors (Lipinski definition) is 3. The lowest BCUT2D eigenvalue weighted by Crippen LogP contribution is -2.18. The molecule has 0 bridgehead atoms. The van der Waals surface area contributed by atoms with Crippen molar-refractivity contribution in [1.82, 2.24) is 10.3 Å². The molecule has 0 fully saturated rings. The van der Waals surface area contributed by atoms with Crippen molar-refractivity contribution in [3.8, 4) is 0 Å². The predicted octanol–water partition coefficient (Wildman–Crippen LogP) is 3.97. The Kier molecular flexibility index (Phi) is 5.34. The fourth-order valence-electron chi connectivity index (χ4n) is 2.55. The van der Waals surface area contributed by atoms with E-state index >= 15 is 0 Å². The summed E-state index contributed by atoms with van der Waals surface area (Å²) in [5.41, 5.74) is 6.21. The molecule has 0 aliphatic heterocycles. The van der Waals surface area contributed by atoms with Gasteiger partial charge >= 0.3 is 0 Å². The van der Waals surface area contributed by atoms with E-state index in [9.17, 15) is 0 Å². The molecule has 2 aromatic rings. The van der Waals surface area contributed by atoms with E-state index in [1.54, 1.807) is 0 Å². The topological polar surface area (TPSA) is 28.2 Å². The van der Waals surface area contributed by atoms with Gasteiger partial charge in [-0.2, -0.15) is 0 Å². The zero-order chi connectivity index (χ0) is 15.2. The Morgan fingerprint density at radius 1 is 1.14 bits per heavy atom. The summed E-state index contributed by atoms with van der Waals surface area (Å²) < 4.78 is 0. The number of nitrogens with one attached hydrogen (secondary N) is 1. The van der Waals surface area contributed by atoms with E-state index in [1.165, 1.54) is 22.4 Å². The van der Waals surface area contributed by atoms with Crippen LogP contribution in [0.4, 0.5) is 11.4 Å². The first-order chi connectivity index (χ1) is 10.1. The Morgan fingerprint density at radius 3 is 2.52 bits per heavy atom. The zero-order valence-electron chi connectivity index (χ0n) is 13.5. The van der Waals surface area contributed by atoms with Crippen LogP contribution in [0.3, 0.4) is 0 Å². The van der Waals surface area contributed by atoms with Crippen molar-refractivity contribution >= 4 is 11.4 Å². The maximum Gasteiger partial charge on any atom is 0.0640 e. The predicted molar refractivity (Wildman–Crippen MR) is 90.2 cm³/mol. The van der Waals surface area contributed by atoms with Gasteiger partial charge in [0.1, 0.15) is 0 Å². The Bertz CT molecular complexity index is 573.